The molecule has 2 aromatic rings. The zero-order chi connectivity index (χ0) is 31.9. The van der Waals surface area contributed by atoms with Gasteiger partial charge in [-0.05, 0) is 63.1 Å². The second-order valence-electron chi connectivity index (χ2n) is 8.88. The van der Waals surface area contributed by atoms with Crippen LogP contribution in [0.1, 0.15) is 41.4 Å². The number of halogens is 2. The monoisotopic (exact) mass is 672 g/mol. The number of carboxylic acid groups (broad SMARTS) is 1. The molecule has 0 unspecified atom stereocenters. The van der Waals surface area contributed by atoms with Crippen molar-refractivity contribution in [3.8, 4) is 22.5 Å². The molecule has 0 aromatic heterocycles. The van der Waals surface area contributed by atoms with Crippen LogP contribution in [-0.4, -0.2) is 49.7 Å². The Morgan fingerprint density at radius 2 is 1.49 bits per heavy atom. The minimum absolute atomic E-state index is 0. The van der Waals surface area contributed by atoms with Gasteiger partial charge in [0.15, 0.2) is 16.2 Å². The number of carbonyl (C=O) groups excluding carboxylic acids is 2. The van der Waals surface area contributed by atoms with E-state index in [1.165, 1.54) is 45.0 Å². The number of carbonyl (C=O) groups is 1. The average molecular weight is 674 g/mol. The number of aryl methyl sites for hydroxylation is 2. The number of aromatic carboxylic acids is 1. The highest BCUT2D eigenvalue weighted by atomic mass is 35.5. The van der Waals surface area contributed by atoms with Gasteiger partial charge < -0.3 is 18.6 Å². The molecule has 16 heteroatoms. The highest BCUT2D eigenvalue weighted by Gasteiger charge is 2.33. The number of hydrogen-bond acceptors (Lipinski definition) is 10. The molecule has 0 amide bonds. The molecule has 1 aliphatic carbocycles. The lowest BCUT2D eigenvalue weighted by atomic mass is 9.88. The molecule has 230 valence electrons. The minimum atomic E-state index is -5.29. The van der Waals surface area contributed by atoms with Crippen LogP contribution in [0.5, 0.6) is 0 Å². The summed E-state index contributed by atoms with van der Waals surface area (Å²) in [6.45, 7) is 6.27. The standard InChI is InChI=1S/C25H21Cl2NO9S2.CO2.CH4/c1-5-28-20-11(3)9-14-17(18-15(26)6-7-16(27)19(18)25(29)30)13-8-10(2)12(4)23(38(31,32)33)21(13)37-22(14)24(20)39(34,35)36;2-1-3;/h6-9H,5H2,1-4H3,(H,29,30)(H,31,32,33)(H,34,35,36);;1H4/p-1. The van der Waals surface area contributed by atoms with Crippen LogP contribution in [0.25, 0.3) is 33.4 Å². The molecule has 0 saturated carbocycles. The molecule has 43 heavy (non-hydrogen) atoms. The van der Waals surface area contributed by atoms with Crippen LogP contribution in [0, 0.1) is 20.8 Å². The first-order chi connectivity index (χ1) is 19.4. The van der Waals surface area contributed by atoms with Gasteiger partial charge in [-0.1, -0.05) is 30.6 Å². The normalized spacial score (nSPS) is 12.0. The Kier molecular flexibility index (Phi) is 10.7. The van der Waals surface area contributed by atoms with Crippen molar-refractivity contribution < 1.29 is 54.8 Å². The fourth-order valence-corrected chi connectivity index (χ4v) is 6.93. The fourth-order valence-electron chi connectivity index (χ4n) is 4.66. The molecule has 0 saturated heterocycles. The second kappa shape index (κ2) is 12.9. The number of fused-ring (bicyclic) bond motifs is 2. The van der Waals surface area contributed by atoms with Crippen molar-refractivity contribution in [1.82, 2.24) is 0 Å². The van der Waals surface area contributed by atoms with E-state index < -0.39 is 52.9 Å². The molecular weight excluding hydrogens is 649 g/mol. The quantitative estimate of drug-likeness (QED) is 0.232. The topological polar surface area (TPSA) is 213 Å². The summed E-state index contributed by atoms with van der Waals surface area (Å²) in [5.41, 5.74) is -0.745. The van der Waals surface area contributed by atoms with E-state index in [0.29, 0.717) is 5.56 Å². The lowest BCUT2D eigenvalue weighted by Gasteiger charge is -2.24. The Hall–Kier alpha value is -3.62. The zero-order valence-corrected chi connectivity index (χ0v) is 25.3. The molecule has 2 aliphatic rings. The molecule has 0 atom stereocenters. The van der Waals surface area contributed by atoms with Crippen molar-refractivity contribution in [2.75, 3.05) is 6.54 Å². The summed E-state index contributed by atoms with van der Waals surface area (Å²) < 4.78 is 81.0. The molecule has 0 bridgehead atoms. The highest BCUT2D eigenvalue weighted by molar-refractivity contribution is 7.86. The maximum atomic E-state index is 12.6. The van der Waals surface area contributed by atoms with Gasteiger partial charge in [-0.3, -0.25) is 0 Å². The van der Waals surface area contributed by atoms with Crippen LogP contribution in [0.4, 0.5) is 0 Å². The van der Waals surface area contributed by atoms with Gasteiger partial charge in [0.05, 0.1) is 10.6 Å². The SMILES string of the molecule is C.CC[NH+]=c1c(C)cc2c(-c3c(Cl)ccc(Cl)c3C(=O)O)c3cc(C)c(C)c(S(=O)(=O)[O-])c3oc-2c1S(=O)(=O)[O-].O=C=O. The van der Waals surface area contributed by atoms with Gasteiger partial charge in [-0.25, -0.2) is 26.6 Å². The van der Waals surface area contributed by atoms with Gasteiger partial charge >= 0.3 is 12.1 Å². The van der Waals surface area contributed by atoms with Crippen molar-refractivity contribution >= 4 is 66.5 Å². The molecule has 0 spiro atoms. The molecule has 1 heterocycles. The van der Waals surface area contributed by atoms with E-state index in [-0.39, 0.29) is 68.7 Å². The largest absolute Gasteiger partial charge is 0.744 e. The molecule has 12 nitrogen and oxygen atoms in total. The summed E-state index contributed by atoms with van der Waals surface area (Å²) in [5, 5.41) is 9.54. The second-order valence-corrected chi connectivity index (χ2v) is 12.3. The van der Waals surface area contributed by atoms with E-state index in [1.54, 1.807) is 6.92 Å². The lowest BCUT2D eigenvalue weighted by molar-refractivity contribution is -0.498. The van der Waals surface area contributed by atoms with Crippen LogP contribution in [0.2, 0.25) is 10.0 Å². The predicted molar refractivity (Wildman–Crippen MR) is 152 cm³/mol. The van der Waals surface area contributed by atoms with Crippen molar-refractivity contribution in [3.63, 3.8) is 0 Å². The van der Waals surface area contributed by atoms with E-state index >= 15 is 0 Å². The van der Waals surface area contributed by atoms with Crippen LogP contribution in [0.15, 0.2) is 38.5 Å². The Bertz CT molecular complexity index is 2080. The highest BCUT2D eigenvalue weighted by Crippen LogP contribution is 2.48. The fraction of sp³-hybridized carbons (Fsp3) is 0.222. The third-order valence-corrected chi connectivity index (χ3v) is 8.85. The number of rotatable bonds is 5. The Labute approximate surface area is 256 Å². The Balaban J connectivity index is 0.00000155. The van der Waals surface area contributed by atoms with Crippen molar-refractivity contribution in [2.45, 2.75) is 44.9 Å². The van der Waals surface area contributed by atoms with E-state index in [9.17, 15) is 35.8 Å². The number of hydrogen-bond donors (Lipinski definition) is 2. The van der Waals surface area contributed by atoms with Crippen molar-refractivity contribution in [2.24, 2.45) is 0 Å². The molecule has 2 aromatic carbocycles. The summed E-state index contributed by atoms with van der Waals surface area (Å²) in [6.07, 6.45) is 0.250. The third kappa shape index (κ3) is 6.50. The number of nitrogens with one attached hydrogen (secondary N) is 1. The summed E-state index contributed by atoms with van der Waals surface area (Å²) in [6, 6.07) is 5.47. The van der Waals surface area contributed by atoms with Crippen LogP contribution < -0.4 is 10.3 Å². The van der Waals surface area contributed by atoms with Gasteiger partial charge in [-0.15, -0.1) is 0 Å². The summed E-state index contributed by atoms with van der Waals surface area (Å²) >= 11 is 12.8. The van der Waals surface area contributed by atoms with Gasteiger partial charge in [-0.2, -0.15) is 9.59 Å². The van der Waals surface area contributed by atoms with E-state index in [0.717, 1.165) is 0 Å². The molecule has 0 radical (unpaired) electrons. The van der Waals surface area contributed by atoms with Crippen LogP contribution in [-0.2, 0) is 29.8 Å². The van der Waals surface area contributed by atoms with Crippen molar-refractivity contribution in [1.29, 1.82) is 0 Å². The summed E-state index contributed by atoms with van der Waals surface area (Å²) in [7, 11) is -10.5. The lowest BCUT2D eigenvalue weighted by Crippen LogP contribution is -2.77. The molecule has 0 fully saturated rings. The smallest absolute Gasteiger partial charge is 0.373 e. The minimum Gasteiger partial charge on any atom is -0.744 e. The van der Waals surface area contributed by atoms with Crippen LogP contribution >= 0.6 is 23.2 Å². The van der Waals surface area contributed by atoms with E-state index in [4.69, 9.17) is 37.2 Å². The summed E-state index contributed by atoms with van der Waals surface area (Å²) in [4.78, 5) is 29.8. The Morgan fingerprint density at radius 3 is 1.98 bits per heavy atom. The average Bonchev–Trinajstić information content (AvgIpc) is 2.85. The van der Waals surface area contributed by atoms with Gasteiger partial charge in [0.25, 0.3) is 0 Å². The molecule has 1 aliphatic heterocycles. The number of benzene rings is 3. The maximum Gasteiger partial charge on any atom is 0.373 e. The van der Waals surface area contributed by atoms with Crippen molar-refractivity contribution in [3.05, 3.63) is 61.9 Å². The van der Waals surface area contributed by atoms with Gasteiger partial charge in [0.2, 0.25) is 5.36 Å². The first-order valence-electron chi connectivity index (χ1n) is 11.7. The third-order valence-electron chi connectivity index (χ3n) is 6.34. The first-order valence-corrected chi connectivity index (χ1v) is 15.2. The zero-order valence-electron chi connectivity index (χ0n) is 22.1. The maximum absolute atomic E-state index is 12.6. The van der Waals surface area contributed by atoms with E-state index in [1.807, 2.05) is 0 Å². The predicted octanol–water partition coefficient (Wildman–Crippen LogP) is 3.00. The van der Waals surface area contributed by atoms with E-state index in [2.05, 4.69) is 4.99 Å². The first kappa shape index (κ1) is 35.6. The van der Waals surface area contributed by atoms with Gasteiger partial charge in [0, 0.05) is 32.7 Å². The van der Waals surface area contributed by atoms with Gasteiger partial charge in [0.1, 0.15) is 31.7 Å². The van der Waals surface area contributed by atoms with Crippen LogP contribution in [0.3, 0.4) is 0 Å². The Morgan fingerprint density at radius 1 is 0.953 bits per heavy atom. The molecular formula is C27H24Cl2NO11S2-. The number of carboxylic acids is 1. The molecule has 2 N–H and O–H groups in total. The summed E-state index contributed by atoms with van der Waals surface area (Å²) in [5.74, 6) is -2.08. The molecule has 4 rings (SSSR count).